The Kier molecular flexibility index (Phi) is 4.82. The van der Waals surface area contributed by atoms with Crippen LogP contribution < -0.4 is 5.32 Å². The maximum atomic E-state index is 14.6. The lowest BCUT2D eigenvalue weighted by molar-refractivity contribution is 0.102. The summed E-state index contributed by atoms with van der Waals surface area (Å²) in [5.74, 6) is -0.777. The first kappa shape index (κ1) is 17.8. The monoisotopic (exact) mass is 394 g/mol. The average Bonchev–Trinajstić information content (AvgIpc) is 3.18. The Morgan fingerprint density at radius 1 is 1.04 bits per heavy atom. The standard InChI is InChI=1S/C20H12ClFN4O2/c21-15-6-2-1-5-13(15)20-25-18(26-28-20)14-9-8-12(11-16(14)22)24-19(27)17-7-3-4-10-23-17/h1-11H,(H,24,27). The van der Waals surface area contributed by atoms with E-state index in [0.717, 1.165) is 0 Å². The number of carbonyl (C=O) groups excluding carboxylic acids is 1. The van der Waals surface area contributed by atoms with Gasteiger partial charge in [-0.15, -0.1) is 0 Å². The fraction of sp³-hybridized carbons (Fsp3) is 0. The molecular weight excluding hydrogens is 383 g/mol. The van der Waals surface area contributed by atoms with Gasteiger partial charge in [-0.25, -0.2) is 4.39 Å². The molecule has 4 aromatic rings. The van der Waals surface area contributed by atoms with Gasteiger partial charge >= 0.3 is 0 Å². The number of anilines is 1. The van der Waals surface area contributed by atoms with Crippen LogP contribution in [0.3, 0.4) is 0 Å². The average molecular weight is 395 g/mol. The van der Waals surface area contributed by atoms with E-state index in [1.165, 1.54) is 18.3 Å². The van der Waals surface area contributed by atoms with E-state index in [1.54, 1.807) is 48.5 Å². The van der Waals surface area contributed by atoms with Crippen LogP contribution in [0.25, 0.3) is 22.8 Å². The zero-order valence-electron chi connectivity index (χ0n) is 14.3. The molecule has 0 aliphatic carbocycles. The number of amides is 1. The molecule has 2 aromatic heterocycles. The molecule has 0 radical (unpaired) electrons. The van der Waals surface area contributed by atoms with Gasteiger partial charge in [-0.05, 0) is 42.5 Å². The van der Waals surface area contributed by atoms with Crippen LogP contribution in [0.4, 0.5) is 10.1 Å². The molecule has 0 bridgehead atoms. The highest BCUT2D eigenvalue weighted by molar-refractivity contribution is 6.33. The maximum Gasteiger partial charge on any atom is 0.274 e. The summed E-state index contributed by atoms with van der Waals surface area (Å²) in [6.45, 7) is 0. The molecule has 0 unspecified atom stereocenters. The normalized spacial score (nSPS) is 10.6. The van der Waals surface area contributed by atoms with Gasteiger partial charge in [-0.1, -0.05) is 35.0 Å². The van der Waals surface area contributed by atoms with E-state index in [4.69, 9.17) is 16.1 Å². The van der Waals surface area contributed by atoms with E-state index in [1.807, 2.05) is 0 Å². The van der Waals surface area contributed by atoms with Crippen LogP contribution in [0.5, 0.6) is 0 Å². The van der Waals surface area contributed by atoms with E-state index < -0.39 is 11.7 Å². The van der Waals surface area contributed by atoms with Crippen molar-refractivity contribution in [2.75, 3.05) is 5.32 Å². The van der Waals surface area contributed by atoms with Crippen LogP contribution in [0.1, 0.15) is 10.5 Å². The van der Waals surface area contributed by atoms with Crippen molar-refractivity contribution in [1.82, 2.24) is 15.1 Å². The lowest BCUT2D eigenvalue weighted by Crippen LogP contribution is -2.13. The van der Waals surface area contributed by atoms with E-state index in [2.05, 4.69) is 20.4 Å². The summed E-state index contributed by atoms with van der Waals surface area (Å²) >= 11 is 6.12. The molecule has 0 aliphatic rings. The highest BCUT2D eigenvalue weighted by Crippen LogP contribution is 2.29. The van der Waals surface area contributed by atoms with Crippen molar-refractivity contribution in [3.05, 3.63) is 83.4 Å². The number of carbonyl (C=O) groups is 1. The third-order valence-corrected chi connectivity index (χ3v) is 4.23. The number of halogens is 2. The molecule has 0 aliphatic heterocycles. The van der Waals surface area contributed by atoms with Crippen molar-refractivity contribution in [1.29, 1.82) is 0 Å². The molecule has 2 aromatic carbocycles. The molecule has 0 fully saturated rings. The largest absolute Gasteiger partial charge is 0.334 e. The summed E-state index contributed by atoms with van der Waals surface area (Å²) in [4.78, 5) is 20.3. The van der Waals surface area contributed by atoms with Gasteiger partial charge in [0.15, 0.2) is 0 Å². The molecule has 0 spiro atoms. The van der Waals surface area contributed by atoms with Gasteiger partial charge in [0.2, 0.25) is 5.82 Å². The van der Waals surface area contributed by atoms with Crippen molar-refractivity contribution in [3.63, 3.8) is 0 Å². The van der Waals surface area contributed by atoms with Crippen molar-refractivity contribution in [2.45, 2.75) is 0 Å². The van der Waals surface area contributed by atoms with Gasteiger partial charge < -0.3 is 9.84 Å². The van der Waals surface area contributed by atoms with Gasteiger partial charge in [-0.3, -0.25) is 9.78 Å². The Morgan fingerprint density at radius 3 is 2.61 bits per heavy atom. The molecule has 4 rings (SSSR count). The minimum Gasteiger partial charge on any atom is -0.334 e. The summed E-state index contributed by atoms with van der Waals surface area (Å²) in [5.41, 5.74) is 1.21. The number of pyridine rings is 1. The Hall–Kier alpha value is -3.58. The van der Waals surface area contributed by atoms with E-state index in [-0.39, 0.29) is 28.7 Å². The molecule has 1 N–H and O–H groups in total. The van der Waals surface area contributed by atoms with Gasteiger partial charge in [0, 0.05) is 11.9 Å². The minimum absolute atomic E-state index is 0.0787. The quantitative estimate of drug-likeness (QED) is 0.535. The van der Waals surface area contributed by atoms with Crippen LogP contribution in [-0.4, -0.2) is 21.0 Å². The third kappa shape index (κ3) is 3.60. The molecule has 6 nitrogen and oxygen atoms in total. The van der Waals surface area contributed by atoms with Gasteiger partial charge in [0.1, 0.15) is 11.5 Å². The first-order chi connectivity index (χ1) is 13.6. The Labute approximate surface area is 164 Å². The SMILES string of the molecule is O=C(Nc1ccc(-c2noc(-c3ccccc3Cl)n2)c(F)c1)c1ccccn1. The molecule has 0 atom stereocenters. The lowest BCUT2D eigenvalue weighted by atomic mass is 10.1. The molecule has 0 saturated heterocycles. The first-order valence-electron chi connectivity index (χ1n) is 8.23. The second-order valence-electron chi connectivity index (χ2n) is 5.77. The Bertz CT molecular complexity index is 1150. The van der Waals surface area contributed by atoms with Crippen LogP contribution in [0.2, 0.25) is 5.02 Å². The van der Waals surface area contributed by atoms with Crippen molar-refractivity contribution in [2.24, 2.45) is 0 Å². The summed E-state index contributed by atoms with van der Waals surface area (Å²) in [6, 6.07) is 16.1. The van der Waals surface area contributed by atoms with Crippen LogP contribution in [-0.2, 0) is 0 Å². The summed E-state index contributed by atoms with van der Waals surface area (Å²) in [6.07, 6.45) is 1.51. The number of hydrogen-bond donors (Lipinski definition) is 1. The lowest BCUT2D eigenvalue weighted by Gasteiger charge is -2.06. The Morgan fingerprint density at radius 2 is 1.86 bits per heavy atom. The van der Waals surface area contributed by atoms with E-state index in [0.29, 0.717) is 10.6 Å². The van der Waals surface area contributed by atoms with E-state index >= 15 is 0 Å². The van der Waals surface area contributed by atoms with Crippen LogP contribution in [0, 0.1) is 5.82 Å². The second-order valence-corrected chi connectivity index (χ2v) is 6.17. The van der Waals surface area contributed by atoms with Gasteiger partial charge in [-0.2, -0.15) is 4.98 Å². The van der Waals surface area contributed by atoms with Crippen LogP contribution in [0.15, 0.2) is 71.4 Å². The predicted molar refractivity (Wildman–Crippen MR) is 102 cm³/mol. The molecule has 1 amide bonds. The second kappa shape index (κ2) is 7.58. The number of hydrogen-bond acceptors (Lipinski definition) is 5. The molecule has 0 saturated carbocycles. The number of benzene rings is 2. The smallest absolute Gasteiger partial charge is 0.274 e. The van der Waals surface area contributed by atoms with E-state index in [9.17, 15) is 9.18 Å². The summed E-state index contributed by atoms with van der Waals surface area (Å²) in [5, 5.41) is 6.86. The highest BCUT2D eigenvalue weighted by Gasteiger charge is 2.17. The highest BCUT2D eigenvalue weighted by atomic mass is 35.5. The topological polar surface area (TPSA) is 80.9 Å². The van der Waals surface area contributed by atoms with Gasteiger partial charge in [0.05, 0.1) is 16.1 Å². The number of rotatable bonds is 4. The molecule has 8 heteroatoms. The number of aromatic nitrogens is 3. The first-order valence-corrected chi connectivity index (χ1v) is 8.60. The zero-order chi connectivity index (χ0) is 19.5. The van der Waals surface area contributed by atoms with Gasteiger partial charge in [0.25, 0.3) is 11.8 Å². The fourth-order valence-corrected chi connectivity index (χ4v) is 2.76. The minimum atomic E-state index is -0.606. The number of nitrogens with one attached hydrogen (secondary N) is 1. The zero-order valence-corrected chi connectivity index (χ0v) is 15.0. The Balaban J connectivity index is 1.57. The predicted octanol–water partition coefficient (Wildman–Crippen LogP) is 4.84. The van der Waals surface area contributed by atoms with Crippen LogP contribution >= 0.6 is 11.6 Å². The summed E-state index contributed by atoms with van der Waals surface area (Å²) in [7, 11) is 0. The number of nitrogens with zero attached hydrogens (tertiary/aromatic N) is 3. The van der Waals surface area contributed by atoms with Crippen molar-refractivity contribution >= 4 is 23.2 Å². The molecule has 2 heterocycles. The van der Waals surface area contributed by atoms with Crippen molar-refractivity contribution in [3.8, 4) is 22.8 Å². The summed E-state index contributed by atoms with van der Waals surface area (Å²) < 4.78 is 19.8. The molecule has 138 valence electrons. The molecule has 28 heavy (non-hydrogen) atoms. The van der Waals surface area contributed by atoms with Crippen molar-refractivity contribution < 1.29 is 13.7 Å². The molecular formula is C20H12ClFN4O2. The fourth-order valence-electron chi connectivity index (χ4n) is 2.54. The maximum absolute atomic E-state index is 14.6. The third-order valence-electron chi connectivity index (χ3n) is 3.90.